The number of rotatable bonds is 7. The van der Waals surface area contributed by atoms with E-state index in [4.69, 9.17) is 0 Å². The first-order valence-corrected chi connectivity index (χ1v) is 8.23. The lowest BCUT2D eigenvalue weighted by Gasteiger charge is -2.09. The van der Waals surface area contributed by atoms with Crippen LogP contribution in [0.4, 0.5) is 11.4 Å². The van der Waals surface area contributed by atoms with E-state index in [1.165, 1.54) is 31.0 Å². The number of benzene rings is 1. The van der Waals surface area contributed by atoms with Crippen molar-refractivity contribution in [3.63, 3.8) is 0 Å². The molecule has 8 heteroatoms. The van der Waals surface area contributed by atoms with Gasteiger partial charge in [0.05, 0.1) is 4.92 Å². The number of hydrogen-bond donors (Lipinski definition) is 2. The molecule has 7 nitrogen and oxygen atoms in total. The Morgan fingerprint density at radius 1 is 1.35 bits per heavy atom. The summed E-state index contributed by atoms with van der Waals surface area (Å²) in [4.78, 5) is 10.2. The molecule has 20 heavy (non-hydrogen) atoms. The third-order valence-electron chi connectivity index (χ3n) is 3.03. The number of nitro groups is 1. The van der Waals surface area contributed by atoms with Crippen molar-refractivity contribution in [1.82, 2.24) is 5.32 Å². The maximum Gasteiger partial charge on any atom is 0.310 e. The van der Waals surface area contributed by atoms with Crippen LogP contribution in [0.3, 0.4) is 0 Å². The zero-order chi connectivity index (χ0) is 14.8. The van der Waals surface area contributed by atoms with Gasteiger partial charge in [-0.15, -0.1) is 0 Å². The molecule has 0 heterocycles. The molecular weight excluding hydrogens is 282 g/mol. The highest BCUT2D eigenvalue weighted by Gasteiger charge is 2.26. The van der Waals surface area contributed by atoms with Crippen molar-refractivity contribution in [1.29, 1.82) is 0 Å². The van der Waals surface area contributed by atoms with Gasteiger partial charge in [0, 0.05) is 25.4 Å². The Morgan fingerprint density at radius 2 is 2.05 bits per heavy atom. The topological polar surface area (TPSA) is 101 Å². The highest BCUT2D eigenvalue weighted by atomic mass is 32.2. The largest absolute Gasteiger partial charge is 0.378 e. The van der Waals surface area contributed by atoms with Crippen LogP contribution >= 0.6 is 0 Å². The number of para-hydroxylation sites is 1. The number of nitro benzene ring substituents is 1. The van der Waals surface area contributed by atoms with Gasteiger partial charge in [0.15, 0.2) is 9.84 Å². The number of sulfone groups is 1. The Labute approximate surface area is 117 Å². The first-order valence-electron chi connectivity index (χ1n) is 6.34. The average molecular weight is 299 g/mol. The van der Waals surface area contributed by atoms with Gasteiger partial charge < -0.3 is 10.6 Å². The van der Waals surface area contributed by atoms with E-state index in [1.54, 1.807) is 0 Å². The van der Waals surface area contributed by atoms with Crippen LogP contribution in [0, 0.1) is 10.1 Å². The molecule has 2 N–H and O–H groups in total. The van der Waals surface area contributed by atoms with Crippen molar-refractivity contribution < 1.29 is 13.3 Å². The Kier molecular flexibility index (Phi) is 4.24. The molecule has 2 rings (SSSR count). The molecule has 0 aliphatic heterocycles. The molecule has 1 saturated carbocycles. The summed E-state index contributed by atoms with van der Waals surface area (Å²) in [6.07, 6.45) is 3.31. The summed E-state index contributed by atoms with van der Waals surface area (Å²) in [5.74, 6) is 0. The SMILES string of the molecule is CS(=O)(=O)c1cccc(NCCNC2CC2)c1[N+](=O)[O-]. The van der Waals surface area contributed by atoms with E-state index in [1.807, 2.05) is 0 Å². The summed E-state index contributed by atoms with van der Waals surface area (Å²) in [5.41, 5.74) is -0.156. The second-order valence-electron chi connectivity index (χ2n) is 4.84. The summed E-state index contributed by atoms with van der Waals surface area (Å²) >= 11 is 0. The van der Waals surface area contributed by atoms with Crippen LogP contribution in [-0.4, -0.2) is 38.7 Å². The van der Waals surface area contributed by atoms with E-state index in [2.05, 4.69) is 10.6 Å². The maximum atomic E-state index is 11.6. The maximum absolute atomic E-state index is 11.6. The predicted molar refractivity (Wildman–Crippen MR) is 75.7 cm³/mol. The van der Waals surface area contributed by atoms with Gasteiger partial charge in [0.1, 0.15) is 10.6 Å². The lowest BCUT2D eigenvalue weighted by atomic mass is 10.2. The number of nitrogens with zero attached hydrogens (tertiary/aromatic N) is 1. The first kappa shape index (κ1) is 14.7. The molecular formula is C12H17N3O4S. The van der Waals surface area contributed by atoms with Gasteiger partial charge in [-0.25, -0.2) is 8.42 Å². The fourth-order valence-electron chi connectivity index (χ4n) is 1.91. The highest BCUT2D eigenvalue weighted by Crippen LogP contribution is 2.31. The number of hydrogen-bond acceptors (Lipinski definition) is 6. The first-order chi connectivity index (χ1) is 9.39. The van der Waals surface area contributed by atoms with Crippen LogP contribution in [0.15, 0.2) is 23.1 Å². The molecule has 0 spiro atoms. The number of nitrogens with one attached hydrogen (secondary N) is 2. The van der Waals surface area contributed by atoms with E-state index < -0.39 is 14.8 Å². The van der Waals surface area contributed by atoms with E-state index in [9.17, 15) is 18.5 Å². The Balaban J connectivity index is 2.16. The standard InChI is InChI=1S/C12H17N3O4S/c1-20(18,19)11-4-2-3-10(12(11)15(16)17)14-8-7-13-9-5-6-9/h2-4,9,13-14H,5-8H2,1H3. The minimum Gasteiger partial charge on any atom is -0.378 e. The molecule has 0 atom stereocenters. The molecule has 0 unspecified atom stereocenters. The summed E-state index contributed by atoms with van der Waals surface area (Å²) in [5, 5.41) is 17.3. The fourth-order valence-corrected chi connectivity index (χ4v) is 2.77. The summed E-state index contributed by atoms with van der Waals surface area (Å²) < 4.78 is 23.2. The smallest absolute Gasteiger partial charge is 0.310 e. The zero-order valence-corrected chi connectivity index (χ0v) is 11.9. The molecule has 0 aromatic heterocycles. The van der Waals surface area contributed by atoms with Crippen molar-refractivity contribution in [2.24, 2.45) is 0 Å². The van der Waals surface area contributed by atoms with Crippen LogP contribution < -0.4 is 10.6 Å². The van der Waals surface area contributed by atoms with Crippen molar-refractivity contribution in [3.05, 3.63) is 28.3 Å². The van der Waals surface area contributed by atoms with E-state index in [0.717, 1.165) is 6.26 Å². The van der Waals surface area contributed by atoms with Crippen LogP contribution in [0.5, 0.6) is 0 Å². The third-order valence-corrected chi connectivity index (χ3v) is 4.16. The quantitative estimate of drug-likeness (QED) is 0.445. The summed E-state index contributed by atoms with van der Waals surface area (Å²) in [7, 11) is -3.63. The van der Waals surface area contributed by atoms with Crippen molar-refractivity contribution in [3.8, 4) is 0 Å². The molecule has 110 valence electrons. The van der Waals surface area contributed by atoms with Crippen molar-refractivity contribution >= 4 is 21.2 Å². The third kappa shape index (κ3) is 3.67. The van der Waals surface area contributed by atoms with E-state index in [0.29, 0.717) is 19.1 Å². The van der Waals surface area contributed by atoms with E-state index >= 15 is 0 Å². The van der Waals surface area contributed by atoms with Gasteiger partial charge >= 0.3 is 5.69 Å². The fraction of sp³-hybridized carbons (Fsp3) is 0.500. The highest BCUT2D eigenvalue weighted by molar-refractivity contribution is 7.90. The Morgan fingerprint density at radius 3 is 2.60 bits per heavy atom. The average Bonchev–Trinajstić information content (AvgIpc) is 3.17. The second-order valence-corrected chi connectivity index (χ2v) is 6.82. The molecule has 0 amide bonds. The van der Waals surface area contributed by atoms with Gasteiger partial charge in [-0.05, 0) is 25.0 Å². The van der Waals surface area contributed by atoms with Crippen LogP contribution in [-0.2, 0) is 9.84 Å². The van der Waals surface area contributed by atoms with Gasteiger partial charge in [-0.1, -0.05) is 6.07 Å². The normalized spacial score (nSPS) is 15.1. The lowest BCUT2D eigenvalue weighted by Crippen LogP contribution is -2.24. The molecule has 1 aliphatic rings. The van der Waals surface area contributed by atoms with Gasteiger partial charge in [0.25, 0.3) is 0 Å². The molecule has 0 bridgehead atoms. The molecule has 0 saturated heterocycles. The monoisotopic (exact) mass is 299 g/mol. The van der Waals surface area contributed by atoms with Crippen molar-refractivity contribution in [2.45, 2.75) is 23.8 Å². The van der Waals surface area contributed by atoms with E-state index in [-0.39, 0.29) is 16.3 Å². The molecule has 1 aromatic carbocycles. The molecule has 1 fully saturated rings. The van der Waals surface area contributed by atoms with Gasteiger partial charge in [-0.2, -0.15) is 0 Å². The summed E-state index contributed by atoms with van der Waals surface area (Å²) in [6.45, 7) is 1.19. The molecule has 0 radical (unpaired) electrons. The minimum atomic E-state index is -3.63. The van der Waals surface area contributed by atoms with Crippen LogP contribution in [0.1, 0.15) is 12.8 Å². The van der Waals surface area contributed by atoms with Crippen LogP contribution in [0.2, 0.25) is 0 Å². The zero-order valence-electron chi connectivity index (χ0n) is 11.1. The second kappa shape index (κ2) is 5.76. The Bertz CT molecular complexity index is 611. The number of anilines is 1. The molecule has 1 aromatic rings. The molecule has 1 aliphatic carbocycles. The summed E-state index contributed by atoms with van der Waals surface area (Å²) in [6, 6.07) is 4.83. The lowest BCUT2D eigenvalue weighted by molar-refractivity contribution is -0.386. The minimum absolute atomic E-state index is 0.232. The van der Waals surface area contributed by atoms with Gasteiger partial charge in [0.2, 0.25) is 0 Å². The predicted octanol–water partition coefficient (Wildman–Crippen LogP) is 1.16. The van der Waals surface area contributed by atoms with Gasteiger partial charge in [-0.3, -0.25) is 10.1 Å². The van der Waals surface area contributed by atoms with Crippen molar-refractivity contribution in [2.75, 3.05) is 24.7 Å². The Hall–Kier alpha value is -1.67. The van der Waals surface area contributed by atoms with Crippen LogP contribution in [0.25, 0.3) is 0 Å².